The molecule has 1 atom stereocenters. The number of pyridine rings is 1. The van der Waals surface area contributed by atoms with Crippen molar-refractivity contribution in [1.82, 2.24) is 4.98 Å². The van der Waals surface area contributed by atoms with Crippen LogP contribution in [0.1, 0.15) is 30.0 Å². The average Bonchev–Trinajstić information content (AvgIpc) is 2.68. The Bertz CT molecular complexity index is 720. The number of furan rings is 1. The highest BCUT2D eigenvalue weighted by Gasteiger charge is 2.18. The summed E-state index contributed by atoms with van der Waals surface area (Å²) in [5.41, 5.74) is 0.993. The first-order valence-corrected chi connectivity index (χ1v) is 8.16. The molecule has 6 heteroatoms. The lowest BCUT2D eigenvalue weighted by molar-refractivity contribution is 0.499. The maximum atomic E-state index is 11.7. The SMILES string of the molecule is Cc1cc(C(C)Nc2ncccc2S(C)(=O)=O)c(C)o1. The van der Waals surface area contributed by atoms with E-state index in [0.29, 0.717) is 5.82 Å². The molecule has 1 unspecified atom stereocenters. The second kappa shape index (κ2) is 5.28. The Labute approximate surface area is 119 Å². The Morgan fingerprint density at radius 2 is 2.05 bits per heavy atom. The lowest BCUT2D eigenvalue weighted by atomic mass is 10.1. The minimum Gasteiger partial charge on any atom is -0.466 e. The molecule has 0 saturated carbocycles. The van der Waals surface area contributed by atoms with Crippen LogP contribution in [0.2, 0.25) is 0 Å². The van der Waals surface area contributed by atoms with Crippen LogP contribution in [0.5, 0.6) is 0 Å². The molecule has 0 saturated heterocycles. The maximum Gasteiger partial charge on any atom is 0.179 e. The molecule has 5 nitrogen and oxygen atoms in total. The van der Waals surface area contributed by atoms with E-state index in [4.69, 9.17) is 4.42 Å². The molecule has 2 aromatic rings. The molecule has 0 aliphatic rings. The van der Waals surface area contributed by atoms with Crippen molar-refractivity contribution < 1.29 is 12.8 Å². The zero-order chi connectivity index (χ0) is 14.9. The first-order valence-electron chi connectivity index (χ1n) is 6.27. The predicted molar refractivity (Wildman–Crippen MR) is 77.6 cm³/mol. The normalized spacial score (nSPS) is 13.2. The molecule has 2 aromatic heterocycles. The van der Waals surface area contributed by atoms with Crippen molar-refractivity contribution in [3.8, 4) is 0 Å². The minimum absolute atomic E-state index is 0.0946. The van der Waals surface area contributed by atoms with Gasteiger partial charge in [0.25, 0.3) is 0 Å². The van der Waals surface area contributed by atoms with E-state index in [-0.39, 0.29) is 10.9 Å². The van der Waals surface area contributed by atoms with Gasteiger partial charge in [-0.25, -0.2) is 13.4 Å². The quantitative estimate of drug-likeness (QED) is 0.938. The van der Waals surface area contributed by atoms with Crippen LogP contribution in [0.3, 0.4) is 0 Å². The number of hydrogen-bond donors (Lipinski definition) is 1. The monoisotopic (exact) mass is 294 g/mol. The maximum absolute atomic E-state index is 11.7. The van der Waals surface area contributed by atoms with Crippen molar-refractivity contribution in [2.24, 2.45) is 0 Å². The topological polar surface area (TPSA) is 72.2 Å². The summed E-state index contributed by atoms with van der Waals surface area (Å²) in [5.74, 6) is 2.01. The summed E-state index contributed by atoms with van der Waals surface area (Å²) in [5, 5.41) is 3.14. The molecule has 0 fully saturated rings. The fourth-order valence-electron chi connectivity index (χ4n) is 2.16. The van der Waals surface area contributed by atoms with Gasteiger partial charge in [0.2, 0.25) is 0 Å². The van der Waals surface area contributed by atoms with Crippen molar-refractivity contribution >= 4 is 15.7 Å². The second-order valence-corrected chi connectivity index (χ2v) is 6.84. The van der Waals surface area contributed by atoms with E-state index >= 15 is 0 Å². The van der Waals surface area contributed by atoms with Crippen LogP contribution in [-0.4, -0.2) is 19.7 Å². The molecule has 108 valence electrons. The van der Waals surface area contributed by atoms with Crippen molar-refractivity contribution in [2.45, 2.75) is 31.7 Å². The zero-order valence-electron chi connectivity index (χ0n) is 12.0. The first kappa shape index (κ1) is 14.6. The van der Waals surface area contributed by atoms with Gasteiger partial charge in [-0.3, -0.25) is 0 Å². The molecule has 2 heterocycles. The van der Waals surface area contributed by atoms with Gasteiger partial charge in [-0.05, 0) is 39.0 Å². The summed E-state index contributed by atoms with van der Waals surface area (Å²) in [6.45, 7) is 5.71. The fraction of sp³-hybridized carbons (Fsp3) is 0.357. The van der Waals surface area contributed by atoms with Crippen molar-refractivity contribution in [3.05, 3.63) is 41.5 Å². The van der Waals surface area contributed by atoms with Crippen LogP contribution in [0.15, 0.2) is 33.7 Å². The third-order valence-corrected chi connectivity index (χ3v) is 4.20. The summed E-state index contributed by atoms with van der Waals surface area (Å²) >= 11 is 0. The number of anilines is 1. The molecule has 0 aliphatic heterocycles. The molecule has 2 rings (SSSR count). The van der Waals surface area contributed by atoms with Gasteiger partial charge in [0.1, 0.15) is 22.2 Å². The Hall–Kier alpha value is -1.82. The summed E-state index contributed by atoms with van der Waals surface area (Å²) < 4.78 is 29.0. The Morgan fingerprint density at radius 1 is 1.35 bits per heavy atom. The zero-order valence-corrected chi connectivity index (χ0v) is 12.8. The molecule has 20 heavy (non-hydrogen) atoms. The summed E-state index contributed by atoms with van der Waals surface area (Å²) in [4.78, 5) is 4.33. The van der Waals surface area contributed by atoms with Crippen LogP contribution in [0.25, 0.3) is 0 Å². The third kappa shape index (κ3) is 3.01. The largest absolute Gasteiger partial charge is 0.466 e. The number of nitrogens with zero attached hydrogens (tertiary/aromatic N) is 1. The van der Waals surface area contributed by atoms with Crippen molar-refractivity contribution in [3.63, 3.8) is 0 Å². The van der Waals surface area contributed by atoms with Gasteiger partial charge < -0.3 is 9.73 Å². The Kier molecular flexibility index (Phi) is 3.85. The van der Waals surface area contributed by atoms with Crippen LogP contribution < -0.4 is 5.32 Å². The lowest BCUT2D eigenvalue weighted by Gasteiger charge is -2.15. The summed E-state index contributed by atoms with van der Waals surface area (Å²) in [7, 11) is -3.31. The van der Waals surface area contributed by atoms with E-state index in [1.807, 2.05) is 26.8 Å². The van der Waals surface area contributed by atoms with Gasteiger partial charge in [-0.15, -0.1) is 0 Å². The van der Waals surface area contributed by atoms with Gasteiger partial charge in [0.05, 0.1) is 6.04 Å². The van der Waals surface area contributed by atoms with E-state index in [1.54, 1.807) is 18.3 Å². The molecule has 0 amide bonds. The fourth-order valence-corrected chi connectivity index (χ4v) is 2.95. The highest BCUT2D eigenvalue weighted by atomic mass is 32.2. The van der Waals surface area contributed by atoms with Crippen LogP contribution in [0.4, 0.5) is 5.82 Å². The lowest BCUT2D eigenvalue weighted by Crippen LogP contribution is -2.12. The predicted octanol–water partition coefficient (Wildman–Crippen LogP) is 2.87. The van der Waals surface area contributed by atoms with Crippen molar-refractivity contribution in [1.29, 1.82) is 0 Å². The van der Waals surface area contributed by atoms with E-state index in [9.17, 15) is 8.42 Å². The highest BCUT2D eigenvalue weighted by Crippen LogP contribution is 2.26. The molecule has 1 N–H and O–H groups in total. The molecule has 0 radical (unpaired) electrons. The Balaban J connectivity index is 2.34. The van der Waals surface area contributed by atoms with Crippen molar-refractivity contribution in [2.75, 3.05) is 11.6 Å². The number of hydrogen-bond acceptors (Lipinski definition) is 5. The van der Waals surface area contributed by atoms with E-state index in [0.717, 1.165) is 17.1 Å². The number of sulfone groups is 1. The molecular formula is C14H18N2O3S. The first-order chi connectivity index (χ1) is 9.29. The molecule has 0 bridgehead atoms. The molecule has 0 spiro atoms. The smallest absolute Gasteiger partial charge is 0.179 e. The van der Waals surface area contributed by atoms with Crippen LogP contribution in [-0.2, 0) is 9.84 Å². The van der Waals surface area contributed by atoms with Gasteiger partial charge in [0.15, 0.2) is 9.84 Å². The molecule has 0 aromatic carbocycles. The van der Waals surface area contributed by atoms with Gasteiger partial charge in [0, 0.05) is 18.0 Å². The number of aromatic nitrogens is 1. The van der Waals surface area contributed by atoms with Crippen LogP contribution in [0, 0.1) is 13.8 Å². The van der Waals surface area contributed by atoms with Gasteiger partial charge >= 0.3 is 0 Å². The minimum atomic E-state index is -3.31. The standard InChI is InChI=1S/C14H18N2O3S/c1-9-8-12(11(3)19-9)10(2)16-14-13(20(4,17)18)6-5-7-15-14/h5-8,10H,1-4H3,(H,15,16). The third-order valence-electron chi connectivity index (χ3n) is 3.07. The Morgan fingerprint density at radius 3 is 2.60 bits per heavy atom. The molecular weight excluding hydrogens is 276 g/mol. The highest BCUT2D eigenvalue weighted by molar-refractivity contribution is 7.90. The van der Waals surface area contributed by atoms with E-state index in [2.05, 4.69) is 10.3 Å². The summed E-state index contributed by atoms with van der Waals surface area (Å²) in [6, 6.07) is 5.00. The van der Waals surface area contributed by atoms with Crippen LogP contribution >= 0.6 is 0 Å². The number of rotatable bonds is 4. The van der Waals surface area contributed by atoms with Gasteiger partial charge in [-0.2, -0.15) is 0 Å². The number of nitrogens with one attached hydrogen (secondary N) is 1. The van der Waals surface area contributed by atoms with E-state index in [1.165, 1.54) is 6.26 Å². The number of aryl methyl sites for hydroxylation is 2. The van der Waals surface area contributed by atoms with E-state index < -0.39 is 9.84 Å². The second-order valence-electron chi connectivity index (χ2n) is 4.86. The van der Waals surface area contributed by atoms with Gasteiger partial charge in [-0.1, -0.05) is 0 Å². The average molecular weight is 294 g/mol. The summed E-state index contributed by atoms with van der Waals surface area (Å²) in [6.07, 6.45) is 2.74. The molecule has 0 aliphatic carbocycles.